The highest BCUT2D eigenvalue weighted by molar-refractivity contribution is 7.45. The first kappa shape index (κ1) is 57.9. The van der Waals surface area contributed by atoms with E-state index in [0.29, 0.717) is 17.4 Å². The zero-order chi connectivity index (χ0) is 44.3. The Bertz CT molecular complexity index is 1200. The maximum Gasteiger partial charge on any atom is 0.268 e. The number of unbranched alkanes of at least 4 members (excludes halogenated alkanes) is 20. The van der Waals surface area contributed by atoms with E-state index in [1.807, 2.05) is 27.2 Å². The van der Waals surface area contributed by atoms with Crippen LogP contribution in [0, 0.1) is 0 Å². The summed E-state index contributed by atoms with van der Waals surface area (Å²) in [5, 5.41) is 13.7. The molecule has 60 heavy (non-hydrogen) atoms. The highest BCUT2D eigenvalue weighted by Crippen LogP contribution is 2.38. The van der Waals surface area contributed by atoms with Gasteiger partial charge in [0.1, 0.15) is 13.2 Å². The van der Waals surface area contributed by atoms with Gasteiger partial charge in [0, 0.05) is 6.42 Å². The average Bonchev–Trinajstić information content (AvgIpc) is 3.20. The first-order valence-electron chi connectivity index (χ1n) is 24.3. The predicted molar refractivity (Wildman–Crippen MR) is 256 cm³/mol. The molecule has 0 aliphatic carbocycles. The molecule has 0 saturated heterocycles. The van der Waals surface area contributed by atoms with Crippen molar-refractivity contribution in [3.05, 3.63) is 72.9 Å². The van der Waals surface area contributed by atoms with E-state index in [1.165, 1.54) is 109 Å². The number of carbonyl (C=O) groups excluding carboxylic acids is 1. The maximum atomic E-state index is 12.9. The van der Waals surface area contributed by atoms with Crippen molar-refractivity contribution in [2.45, 2.75) is 206 Å². The minimum absolute atomic E-state index is 0.00894. The molecule has 1 amide bonds. The number of nitrogens with one attached hydrogen (secondary N) is 1. The fourth-order valence-corrected chi connectivity index (χ4v) is 7.29. The molecule has 8 nitrogen and oxygen atoms in total. The summed E-state index contributed by atoms with van der Waals surface area (Å²) < 4.78 is 23.2. The molecule has 0 saturated carbocycles. The lowest BCUT2D eigenvalue weighted by atomic mass is 10.0. The van der Waals surface area contributed by atoms with E-state index in [1.54, 1.807) is 6.08 Å². The summed E-state index contributed by atoms with van der Waals surface area (Å²) >= 11 is 0. The summed E-state index contributed by atoms with van der Waals surface area (Å²) in [5.74, 6) is -0.213. The summed E-state index contributed by atoms with van der Waals surface area (Å²) in [5.41, 5.74) is 0. The number of allylic oxidation sites excluding steroid dienone is 11. The second kappa shape index (κ2) is 42.3. The van der Waals surface area contributed by atoms with Crippen LogP contribution in [0.25, 0.3) is 0 Å². The van der Waals surface area contributed by atoms with Gasteiger partial charge in [0.05, 0.1) is 39.9 Å². The fraction of sp³-hybridized carbons (Fsp3) is 0.745. The van der Waals surface area contributed by atoms with Crippen molar-refractivity contribution in [1.29, 1.82) is 0 Å². The number of aliphatic hydroxyl groups excluding tert-OH is 1. The number of likely N-dealkylation sites (N-methyl/N-ethyl adjacent to an activating group) is 1. The van der Waals surface area contributed by atoms with Crippen LogP contribution in [0.2, 0.25) is 0 Å². The summed E-state index contributed by atoms with van der Waals surface area (Å²) in [7, 11) is 1.23. The molecular formula is C51H93N2O6P. The van der Waals surface area contributed by atoms with Crippen LogP contribution in [0.15, 0.2) is 72.9 Å². The number of aliphatic hydroxyl groups is 1. The minimum Gasteiger partial charge on any atom is -0.756 e. The Morgan fingerprint density at radius 1 is 0.600 bits per heavy atom. The Balaban J connectivity index is 4.19. The molecule has 0 aromatic carbocycles. The lowest BCUT2D eigenvalue weighted by Gasteiger charge is -2.29. The zero-order valence-corrected chi connectivity index (χ0v) is 40.3. The van der Waals surface area contributed by atoms with Gasteiger partial charge in [0.25, 0.3) is 7.82 Å². The standard InChI is InChI=1S/C51H93N2O6P/c1-6-8-10-12-14-16-18-19-20-21-22-23-24-25-26-27-28-29-30-31-32-33-35-37-39-41-43-45-51(55)52-49(48-59-60(56,57)58-47-46-53(3,4)5)50(54)44-42-40-38-36-34-17-15-13-11-9-7-2/h8,10,14,16,19-20,22-23,34,36,42,44,49-50,54H,6-7,9,11-13,15,17-18,21,24-33,35,37-41,43,45-48H2,1-5H3,(H-,52,55,56,57)/b10-8-,16-14-,20-19-,23-22-,36-34+,44-42+. The highest BCUT2D eigenvalue weighted by atomic mass is 31.2. The van der Waals surface area contributed by atoms with E-state index in [9.17, 15) is 19.4 Å². The maximum absolute atomic E-state index is 12.9. The van der Waals surface area contributed by atoms with Gasteiger partial charge in [-0.1, -0.05) is 189 Å². The topological polar surface area (TPSA) is 108 Å². The first-order valence-corrected chi connectivity index (χ1v) is 25.8. The molecular weight excluding hydrogens is 768 g/mol. The van der Waals surface area contributed by atoms with Crippen LogP contribution in [0.3, 0.4) is 0 Å². The quantitative estimate of drug-likeness (QED) is 0.0274. The summed E-state index contributed by atoms with van der Waals surface area (Å²) in [4.78, 5) is 25.3. The third kappa shape index (κ3) is 44.0. The summed E-state index contributed by atoms with van der Waals surface area (Å²) in [6.07, 6.45) is 56.8. The highest BCUT2D eigenvalue weighted by Gasteiger charge is 2.23. The zero-order valence-electron chi connectivity index (χ0n) is 39.4. The van der Waals surface area contributed by atoms with Crippen molar-refractivity contribution in [2.75, 3.05) is 40.9 Å². The molecule has 3 unspecified atom stereocenters. The molecule has 0 spiro atoms. The van der Waals surface area contributed by atoms with Gasteiger partial charge in [-0.3, -0.25) is 9.36 Å². The first-order chi connectivity index (χ1) is 29.0. The number of amides is 1. The molecule has 3 atom stereocenters. The van der Waals surface area contributed by atoms with Crippen LogP contribution < -0.4 is 10.2 Å². The SMILES string of the molecule is CC/C=C\C/C=C\C/C=C\C/C=C\CCCCCCCCCCCCCCCCC(=O)NC(COP(=O)([O-])OCC[N+](C)(C)C)C(O)/C=C/CC/C=C/CCCCCCC. The Hall–Kier alpha value is -2.06. The van der Waals surface area contributed by atoms with Crippen molar-refractivity contribution in [2.24, 2.45) is 0 Å². The van der Waals surface area contributed by atoms with Crippen molar-refractivity contribution in [3.63, 3.8) is 0 Å². The minimum atomic E-state index is -4.60. The number of carbonyl (C=O) groups is 1. The van der Waals surface area contributed by atoms with Crippen LogP contribution in [0.5, 0.6) is 0 Å². The second-order valence-electron chi connectivity index (χ2n) is 17.4. The Morgan fingerprint density at radius 2 is 1.03 bits per heavy atom. The lowest BCUT2D eigenvalue weighted by molar-refractivity contribution is -0.870. The predicted octanol–water partition coefficient (Wildman–Crippen LogP) is 13.3. The van der Waals surface area contributed by atoms with Gasteiger partial charge in [-0.25, -0.2) is 0 Å². The Kier molecular flexibility index (Phi) is 40.8. The van der Waals surface area contributed by atoms with Crippen molar-refractivity contribution in [3.8, 4) is 0 Å². The van der Waals surface area contributed by atoms with Crippen LogP contribution >= 0.6 is 7.82 Å². The fourth-order valence-electron chi connectivity index (χ4n) is 6.57. The number of rotatable bonds is 43. The van der Waals surface area contributed by atoms with E-state index in [-0.39, 0.29) is 12.5 Å². The molecule has 0 aliphatic heterocycles. The Morgan fingerprint density at radius 3 is 1.55 bits per heavy atom. The van der Waals surface area contributed by atoms with Crippen molar-refractivity contribution >= 4 is 13.7 Å². The molecule has 0 aliphatic rings. The van der Waals surface area contributed by atoms with Gasteiger partial charge < -0.3 is 28.8 Å². The molecule has 0 aromatic rings. The molecule has 0 rings (SSSR count). The van der Waals surface area contributed by atoms with Crippen LogP contribution in [-0.2, 0) is 18.4 Å². The van der Waals surface area contributed by atoms with Gasteiger partial charge >= 0.3 is 0 Å². The third-order valence-electron chi connectivity index (χ3n) is 10.4. The summed E-state index contributed by atoms with van der Waals surface area (Å²) in [6.45, 7) is 4.47. The van der Waals surface area contributed by atoms with Crippen LogP contribution in [0.1, 0.15) is 194 Å². The molecule has 9 heteroatoms. The van der Waals surface area contributed by atoms with E-state index < -0.39 is 26.6 Å². The molecule has 348 valence electrons. The summed E-state index contributed by atoms with van der Waals surface area (Å²) in [6, 6.07) is -0.904. The normalized spacial score (nSPS) is 14.8. The number of quaternary nitrogens is 1. The van der Waals surface area contributed by atoms with Gasteiger partial charge in [-0.15, -0.1) is 0 Å². The Labute approximate surface area is 370 Å². The average molecular weight is 861 g/mol. The monoisotopic (exact) mass is 861 g/mol. The van der Waals surface area contributed by atoms with Gasteiger partial charge in [0.2, 0.25) is 5.91 Å². The van der Waals surface area contributed by atoms with Crippen molar-refractivity contribution in [1.82, 2.24) is 5.32 Å². The second-order valence-corrected chi connectivity index (χ2v) is 18.8. The number of nitrogens with zero attached hydrogens (tertiary/aromatic N) is 1. The molecule has 2 N–H and O–H groups in total. The van der Waals surface area contributed by atoms with Gasteiger partial charge in [-0.2, -0.15) is 0 Å². The molecule has 0 heterocycles. The van der Waals surface area contributed by atoms with Gasteiger partial charge in [-0.05, 0) is 70.6 Å². The third-order valence-corrected chi connectivity index (χ3v) is 11.4. The smallest absolute Gasteiger partial charge is 0.268 e. The van der Waals surface area contributed by atoms with E-state index in [0.717, 1.165) is 64.2 Å². The molecule has 0 bridgehead atoms. The number of phosphoric acid groups is 1. The molecule has 0 fully saturated rings. The van der Waals surface area contributed by atoms with E-state index in [2.05, 4.69) is 79.9 Å². The molecule has 0 aromatic heterocycles. The van der Waals surface area contributed by atoms with Crippen LogP contribution in [-0.4, -0.2) is 68.5 Å². The van der Waals surface area contributed by atoms with Crippen LogP contribution in [0.4, 0.5) is 0 Å². The number of phosphoric ester groups is 1. The largest absolute Gasteiger partial charge is 0.756 e. The molecule has 0 radical (unpaired) electrons. The lowest BCUT2D eigenvalue weighted by Crippen LogP contribution is -2.45. The van der Waals surface area contributed by atoms with E-state index in [4.69, 9.17) is 9.05 Å². The van der Waals surface area contributed by atoms with Gasteiger partial charge in [0.15, 0.2) is 0 Å². The van der Waals surface area contributed by atoms with E-state index >= 15 is 0 Å². The number of hydrogen-bond acceptors (Lipinski definition) is 6. The van der Waals surface area contributed by atoms with Crippen molar-refractivity contribution < 1.29 is 32.9 Å². The number of hydrogen-bond donors (Lipinski definition) is 2.